The van der Waals surface area contributed by atoms with Crippen LogP contribution in [0.15, 0.2) is 18.5 Å². The quantitative estimate of drug-likeness (QED) is 0.535. The number of nitrogens with one attached hydrogen (secondary N) is 1. The molecule has 0 aliphatic carbocycles. The van der Waals surface area contributed by atoms with E-state index in [-0.39, 0.29) is 12.1 Å². The van der Waals surface area contributed by atoms with E-state index in [1.54, 1.807) is 6.20 Å². The minimum atomic E-state index is 0.134. The van der Waals surface area contributed by atoms with Crippen molar-refractivity contribution < 1.29 is 4.74 Å². The van der Waals surface area contributed by atoms with Crippen LogP contribution in [-0.4, -0.2) is 11.1 Å². The highest BCUT2D eigenvalue weighted by Crippen LogP contribution is 2.29. The number of ether oxygens (including phenoxy) is 1. The SMILES string of the molecule is CCCCC(CC)C(NN)c1cncc(OC(C)C)c1. The van der Waals surface area contributed by atoms with Gasteiger partial charge in [0.15, 0.2) is 0 Å². The van der Waals surface area contributed by atoms with Crippen molar-refractivity contribution in [2.24, 2.45) is 11.8 Å². The minimum Gasteiger partial charge on any atom is -0.489 e. The van der Waals surface area contributed by atoms with Crippen molar-refractivity contribution in [3.05, 3.63) is 24.0 Å². The van der Waals surface area contributed by atoms with Gasteiger partial charge in [-0.2, -0.15) is 0 Å². The predicted molar refractivity (Wildman–Crippen MR) is 83.4 cm³/mol. The highest BCUT2D eigenvalue weighted by atomic mass is 16.5. The summed E-state index contributed by atoms with van der Waals surface area (Å²) in [5, 5.41) is 0. The lowest BCUT2D eigenvalue weighted by molar-refractivity contribution is 0.240. The first-order valence-electron chi connectivity index (χ1n) is 7.70. The van der Waals surface area contributed by atoms with Gasteiger partial charge in [-0.15, -0.1) is 0 Å². The van der Waals surface area contributed by atoms with Crippen LogP contribution in [0.2, 0.25) is 0 Å². The summed E-state index contributed by atoms with van der Waals surface area (Å²) < 4.78 is 5.71. The second kappa shape index (κ2) is 8.93. The Bertz CT molecular complexity index is 382. The van der Waals surface area contributed by atoms with Gasteiger partial charge in [0.2, 0.25) is 0 Å². The summed E-state index contributed by atoms with van der Waals surface area (Å²) in [4.78, 5) is 4.28. The Morgan fingerprint density at radius 1 is 1.30 bits per heavy atom. The zero-order valence-electron chi connectivity index (χ0n) is 13.2. The van der Waals surface area contributed by atoms with Crippen molar-refractivity contribution >= 4 is 0 Å². The summed E-state index contributed by atoms with van der Waals surface area (Å²) in [5.74, 6) is 7.12. The van der Waals surface area contributed by atoms with Gasteiger partial charge in [0, 0.05) is 6.20 Å². The van der Waals surface area contributed by atoms with Gasteiger partial charge < -0.3 is 4.74 Å². The third-order valence-electron chi connectivity index (χ3n) is 3.57. The maximum atomic E-state index is 5.79. The van der Waals surface area contributed by atoms with Crippen LogP contribution in [-0.2, 0) is 0 Å². The molecule has 0 saturated heterocycles. The van der Waals surface area contributed by atoms with Gasteiger partial charge in [-0.1, -0.05) is 33.1 Å². The lowest BCUT2D eigenvalue weighted by atomic mass is 9.88. The van der Waals surface area contributed by atoms with Gasteiger partial charge >= 0.3 is 0 Å². The molecule has 1 aromatic heterocycles. The van der Waals surface area contributed by atoms with Crippen molar-refractivity contribution in [2.75, 3.05) is 0 Å². The van der Waals surface area contributed by atoms with Gasteiger partial charge in [-0.25, -0.2) is 0 Å². The smallest absolute Gasteiger partial charge is 0.138 e. The third kappa shape index (κ3) is 5.10. The number of pyridine rings is 1. The first kappa shape index (κ1) is 16.9. The van der Waals surface area contributed by atoms with Gasteiger partial charge in [-0.05, 0) is 37.8 Å². The molecule has 4 nitrogen and oxygen atoms in total. The molecule has 0 aliphatic heterocycles. The molecule has 1 rings (SSSR count). The number of hydrazine groups is 1. The normalized spacial score (nSPS) is 14.3. The van der Waals surface area contributed by atoms with E-state index in [0.717, 1.165) is 17.7 Å². The fourth-order valence-electron chi connectivity index (χ4n) is 2.52. The van der Waals surface area contributed by atoms with Crippen LogP contribution in [0.3, 0.4) is 0 Å². The Labute approximate surface area is 123 Å². The van der Waals surface area contributed by atoms with Crippen molar-refractivity contribution in [3.8, 4) is 5.75 Å². The molecule has 1 heterocycles. The number of nitrogens with zero attached hydrogens (tertiary/aromatic N) is 1. The maximum absolute atomic E-state index is 5.79. The van der Waals surface area contributed by atoms with Crippen molar-refractivity contribution in [2.45, 2.75) is 65.5 Å². The first-order valence-corrected chi connectivity index (χ1v) is 7.70. The lowest BCUT2D eigenvalue weighted by Crippen LogP contribution is -2.33. The van der Waals surface area contributed by atoms with E-state index < -0.39 is 0 Å². The molecular formula is C16H29N3O. The summed E-state index contributed by atoms with van der Waals surface area (Å²) in [7, 11) is 0. The summed E-state index contributed by atoms with van der Waals surface area (Å²) >= 11 is 0. The monoisotopic (exact) mass is 279 g/mol. The largest absolute Gasteiger partial charge is 0.489 e. The molecule has 0 aliphatic rings. The summed E-state index contributed by atoms with van der Waals surface area (Å²) in [6.45, 7) is 8.46. The average molecular weight is 279 g/mol. The van der Waals surface area contributed by atoms with E-state index >= 15 is 0 Å². The lowest BCUT2D eigenvalue weighted by Gasteiger charge is -2.26. The Hall–Kier alpha value is -1.13. The van der Waals surface area contributed by atoms with E-state index in [2.05, 4.69) is 24.3 Å². The topological polar surface area (TPSA) is 60.2 Å². The van der Waals surface area contributed by atoms with Crippen molar-refractivity contribution in [1.82, 2.24) is 10.4 Å². The Morgan fingerprint density at radius 3 is 2.60 bits per heavy atom. The van der Waals surface area contributed by atoms with Crippen LogP contribution in [0.4, 0.5) is 0 Å². The Morgan fingerprint density at radius 2 is 2.05 bits per heavy atom. The standard InChI is InChI=1S/C16H29N3O/c1-5-7-8-13(6-2)16(19-17)14-9-15(11-18-10-14)20-12(3)4/h9-13,16,19H,5-8,17H2,1-4H3. The number of aromatic nitrogens is 1. The van der Waals surface area contributed by atoms with Crippen LogP contribution in [0.25, 0.3) is 0 Å². The summed E-state index contributed by atoms with van der Waals surface area (Å²) in [6.07, 6.45) is 8.50. The second-order valence-electron chi connectivity index (χ2n) is 5.58. The van der Waals surface area contributed by atoms with E-state index in [1.165, 1.54) is 19.3 Å². The molecule has 0 aromatic carbocycles. The fraction of sp³-hybridized carbons (Fsp3) is 0.688. The molecule has 3 N–H and O–H groups in total. The first-order chi connectivity index (χ1) is 9.62. The molecule has 114 valence electrons. The molecule has 2 unspecified atom stereocenters. The number of hydrogen-bond acceptors (Lipinski definition) is 4. The second-order valence-corrected chi connectivity index (χ2v) is 5.58. The molecule has 0 fully saturated rings. The molecule has 0 bridgehead atoms. The van der Waals surface area contributed by atoms with Crippen molar-refractivity contribution in [1.29, 1.82) is 0 Å². The Kier molecular flexibility index (Phi) is 7.55. The van der Waals surface area contributed by atoms with Crippen LogP contribution in [0.1, 0.15) is 65.0 Å². The van der Waals surface area contributed by atoms with Crippen molar-refractivity contribution in [3.63, 3.8) is 0 Å². The number of nitrogens with two attached hydrogens (primary N) is 1. The molecule has 0 radical (unpaired) electrons. The molecule has 4 heteroatoms. The van der Waals surface area contributed by atoms with Gasteiger partial charge in [-0.3, -0.25) is 16.3 Å². The van der Waals surface area contributed by atoms with E-state index in [1.807, 2.05) is 26.1 Å². The summed E-state index contributed by atoms with van der Waals surface area (Å²) in [6, 6.07) is 2.18. The number of unbranched alkanes of at least 4 members (excludes halogenated alkanes) is 1. The zero-order chi connectivity index (χ0) is 15.0. The average Bonchev–Trinajstić information content (AvgIpc) is 2.43. The Balaban J connectivity index is 2.86. The molecular weight excluding hydrogens is 250 g/mol. The van der Waals surface area contributed by atoms with E-state index in [4.69, 9.17) is 10.6 Å². The molecule has 0 saturated carbocycles. The minimum absolute atomic E-state index is 0.134. The fourth-order valence-corrected chi connectivity index (χ4v) is 2.52. The molecule has 0 spiro atoms. The van der Waals surface area contributed by atoms with Crippen LogP contribution >= 0.6 is 0 Å². The molecule has 1 aromatic rings. The van der Waals surface area contributed by atoms with Crippen LogP contribution in [0, 0.1) is 5.92 Å². The number of rotatable bonds is 9. The van der Waals surface area contributed by atoms with Crippen LogP contribution < -0.4 is 16.0 Å². The zero-order valence-corrected chi connectivity index (χ0v) is 13.2. The summed E-state index contributed by atoms with van der Waals surface area (Å²) in [5.41, 5.74) is 4.07. The maximum Gasteiger partial charge on any atom is 0.138 e. The third-order valence-corrected chi connectivity index (χ3v) is 3.57. The van der Waals surface area contributed by atoms with Gasteiger partial charge in [0.1, 0.15) is 5.75 Å². The predicted octanol–water partition coefficient (Wildman–Crippen LogP) is 3.59. The molecule has 0 amide bonds. The highest BCUT2D eigenvalue weighted by molar-refractivity contribution is 5.26. The van der Waals surface area contributed by atoms with Gasteiger partial charge in [0.25, 0.3) is 0 Å². The molecule has 2 atom stereocenters. The van der Waals surface area contributed by atoms with E-state index in [9.17, 15) is 0 Å². The van der Waals surface area contributed by atoms with Gasteiger partial charge in [0.05, 0.1) is 18.3 Å². The number of hydrogen-bond donors (Lipinski definition) is 2. The highest BCUT2D eigenvalue weighted by Gasteiger charge is 2.21. The van der Waals surface area contributed by atoms with Crippen LogP contribution in [0.5, 0.6) is 5.75 Å². The molecule has 20 heavy (non-hydrogen) atoms. The van der Waals surface area contributed by atoms with E-state index in [0.29, 0.717) is 5.92 Å².